The summed E-state index contributed by atoms with van der Waals surface area (Å²) >= 11 is 0. The van der Waals surface area contributed by atoms with Crippen LogP contribution in [0.4, 0.5) is 0 Å². The van der Waals surface area contributed by atoms with Gasteiger partial charge in [0.05, 0.1) is 0 Å². The summed E-state index contributed by atoms with van der Waals surface area (Å²) < 4.78 is 0. The Bertz CT molecular complexity index is 342. The standard InChI is InChI=1S/C12H16O2/c1-8-5-10(12(3,4)7-13)6-9(2)11(8)14/h5-7,14H,1-4H3. The van der Waals surface area contributed by atoms with E-state index < -0.39 is 5.41 Å². The van der Waals surface area contributed by atoms with Gasteiger partial charge in [0.15, 0.2) is 0 Å². The molecular weight excluding hydrogens is 176 g/mol. The minimum atomic E-state index is -0.483. The van der Waals surface area contributed by atoms with Crippen LogP contribution in [0.2, 0.25) is 0 Å². The number of aldehydes is 1. The molecule has 2 nitrogen and oxygen atoms in total. The number of aryl methyl sites for hydroxylation is 2. The van der Waals surface area contributed by atoms with Crippen LogP contribution in [0.5, 0.6) is 5.75 Å². The summed E-state index contributed by atoms with van der Waals surface area (Å²) in [5.74, 6) is 0.315. The topological polar surface area (TPSA) is 37.3 Å². The Morgan fingerprint density at radius 1 is 1.21 bits per heavy atom. The molecule has 1 rings (SSSR count). The highest BCUT2D eigenvalue weighted by Gasteiger charge is 2.20. The van der Waals surface area contributed by atoms with Crippen molar-refractivity contribution in [2.45, 2.75) is 33.1 Å². The summed E-state index contributed by atoms with van der Waals surface area (Å²) in [6.45, 7) is 7.41. The molecule has 0 fully saturated rings. The number of phenolic OH excluding ortho intramolecular Hbond substituents is 1. The number of phenols is 1. The fourth-order valence-corrected chi connectivity index (χ4v) is 1.40. The summed E-state index contributed by atoms with van der Waals surface area (Å²) in [5, 5.41) is 9.58. The maximum atomic E-state index is 10.9. The minimum Gasteiger partial charge on any atom is -0.507 e. The molecule has 14 heavy (non-hydrogen) atoms. The second kappa shape index (κ2) is 3.45. The molecule has 0 spiro atoms. The molecule has 0 atom stereocenters. The van der Waals surface area contributed by atoms with Gasteiger partial charge in [-0.1, -0.05) is 12.1 Å². The normalized spacial score (nSPS) is 11.4. The molecule has 0 saturated carbocycles. The first kappa shape index (κ1) is 10.8. The molecule has 76 valence electrons. The van der Waals surface area contributed by atoms with E-state index in [-0.39, 0.29) is 0 Å². The van der Waals surface area contributed by atoms with Gasteiger partial charge in [0, 0.05) is 5.41 Å². The molecular formula is C12H16O2. The first-order chi connectivity index (χ1) is 6.38. The van der Waals surface area contributed by atoms with Crippen LogP contribution < -0.4 is 0 Å². The van der Waals surface area contributed by atoms with Crippen LogP contribution >= 0.6 is 0 Å². The van der Waals surface area contributed by atoms with Gasteiger partial charge in [-0.25, -0.2) is 0 Å². The van der Waals surface area contributed by atoms with E-state index >= 15 is 0 Å². The lowest BCUT2D eigenvalue weighted by molar-refractivity contribution is -0.111. The van der Waals surface area contributed by atoms with Crippen molar-refractivity contribution in [2.24, 2.45) is 0 Å². The Labute approximate surface area is 84.6 Å². The highest BCUT2D eigenvalue weighted by atomic mass is 16.3. The molecule has 0 aliphatic carbocycles. The maximum absolute atomic E-state index is 10.9. The van der Waals surface area contributed by atoms with Crippen molar-refractivity contribution in [2.75, 3.05) is 0 Å². The van der Waals surface area contributed by atoms with Gasteiger partial charge in [-0.15, -0.1) is 0 Å². The van der Waals surface area contributed by atoms with Crippen molar-refractivity contribution in [3.8, 4) is 5.75 Å². The Kier molecular flexibility index (Phi) is 2.65. The van der Waals surface area contributed by atoms with Crippen molar-refractivity contribution in [1.82, 2.24) is 0 Å². The van der Waals surface area contributed by atoms with E-state index in [1.165, 1.54) is 0 Å². The smallest absolute Gasteiger partial charge is 0.129 e. The van der Waals surface area contributed by atoms with Crippen LogP contribution in [0.3, 0.4) is 0 Å². The third-order valence-corrected chi connectivity index (χ3v) is 2.53. The molecule has 0 saturated heterocycles. The molecule has 1 aromatic carbocycles. The summed E-state index contributed by atoms with van der Waals surface area (Å²) in [6.07, 6.45) is 0.929. The lowest BCUT2D eigenvalue weighted by atomic mass is 9.84. The van der Waals surface area contributed by atoms with Crippen LogP contribution in [0.15, 0.2) is 12.1 Å². The first-order valence-electron chi connectivity index (χ1n) is 4.65. The van der Waals surface area contributed by atoms with Crippen LogP contribution in [0.25, 0.3) is 0 Å². The molecule has 0 radical (unpaired) electrons. The van der Waals surface area contributed by atoms with E-state index in [9.17, 15) is 9.90 Å². The number of carbonyl (C=O) groups excluding carboxylic acids is 1. The van der Waals surface area contributed by atoms with Crippen molar-refractivity contribution >= 4 is 6.29 Å². The summed E-state index contributed by atoms with van der Waals surface area (Å²) in [5.41, 5.74) is 2.09. The Morgan fingerprint density at radius 2 is 1.64 bits per heavy atom. The van der Waals surface area contributed by atoms with Gasteiger partial charge in [0.1, 0.15) is 12.0 Å². The van der Waals surface area contributed by atoms with Gasteiger partial charge in [-0.3, -0.25) is 0 Å². The predicted molar refractivity (Wildman–Crippen MR) is 56.7 cm³/mol. The predicted octanol–water partition coefficient (Wildman–Crippen LogP) is 2.49. The van der Waals surface area contributed by atoms with Crippen molar-refractivity contribution in [3.63, 3.8) is 0 Å². The third-order valence-electron chi connectivity index (χ3n) is 2.53. The highest BCUT2D eigenvalue weighted by Crippen LogP contribution is 2.29. The second-order valence-electron chi connectivity index (χ2n) is 4.30. The highest BCUT2D eigenvalue weighted by molar-refractivity contribution is 5.68. The van der Waals surface area contributed by atoms with Crippen LogP contribution in [0.1, 0.15) is 30.5 Å². The molecule has 0 aliphatic rings. The monoisotopic (exact) mass is 192 g/mol. The summed E-state index contributed by atoms with van der Waals surface area (Å²) in [4.78, 5) is 10.9. The van der Waals surface area contributed by atoms with E-state index in [0.717, 1.165) is 23.0 Å². The number of aromatic hydroxyl groups is 1. The summed E-state index contributed by atoms with van der Waals surface area (Å²) in [7, 11) is 0. The van der Waals surface area contributed by atoms with Gasteiger partial charge in [-0.2, -0.15) is 0 Å². The fraction of sp³-hybridized carbons (Fsp3) is 0.417. The van der Waals surface area contributed by atoms with Crippen molar-refractivity contribution < 1.29 is 9.90 Å². The molecule has 0 aromatic heterocycles. The Balaban J connectivity index is 3.32. The maximum Gasteiger partial charge on any atom is 0.129 e. The number of carbonyl (C=O) groups is 1. The number of benzene rings is 1. The molecule has 0 heterocycles. The number of rotatable bonds is 2. The molecule has 0 unspecified atom stereocenters. The van der Waals surface area contributed by atoms with Crippen molar-refractivity contribution in [1.29, 1.82) is 0 Å². The minimum absolute atomic E-state index is 0.315. The zero-order valence-electron chi connectivity index (χ0n) is 9.09. The molecule has 0 bridgehead atoms. The summed E-state index contributed by atoms with van der Waals surface area (Å²) in [6, 6.07) is 3.72. The zero-order valence-corrected chi connectivity index (χ0v) is 9.09. The van der Waals surface area contributed by atoms with Crippen molar-refractivity contribution in [3.05, 3.63) is 28.8 Å². The molecule has 0 aliphatic heterocycles. The molecule has 0 amide bonds. The van der Waals surface area contributed by atoms with Gasteiger partial charge in [0.2, 0.25) is 0 Å². The first-order valence-corrected chi connectivity index (χ1v) is 4.65. The SMILES string of the molecule is Cc1cc(C(C)(C)C=O)cc(C)c1O. The second-order valence-corrected chi connectivity index (χ2v) is 4.30. The Hall–Kier alpha value is -1.31. The fourth-order valence-electron chi connectivity index (χ4n) is 1.40. The third kappa shape index (κ3) is 1.79. The van der Waals surface area contributed by atoms with E-state index in [4.69, 9.17) is 0 Å². The van der Waals surface area contributed by atoms with E-state index in [2.05, 4.69) is 0 Å². The lowest BCUT2D eigenvalue weighted by Crippen LogP contribution is -2.18. The average Bonchev–Trinajstić information content (AvgIpc) is 2.13. The molecule has 1 aromatic rings. The van der Waals surface area contributed by atoms with Gasteiger partial charge in [0.25, 0.3) is 0 Å². The van der Waals surface area contributed by atoms with Crippen LogP contribution in [0, 0.1) is 13.8 Å². The van der Waals surface area contributed by atoms with Gasteiger partial charge < -0.3 is 9.90 Å². The van der Waals surface area contributed by atoms with E-state index in [1.54, 1.807) is 0 Å². The number of hydrogen-bond donors (Lipinski definition) is 1. The molecule has 2 heteroatoms. The van der Waals surface area contributed by atoms with Gasteiger partial charge in [-0.05, 0) is 44.4 Å². The largest absolute Gasteiger partial charge is 0.507 e. The van der Waals surface area contributed by atoms with Crippen LogP contribution in [-0.4, -0.2) is 11.4 Å². The van der Waals surface area contributed by atoms with E-state index in [0.29, 0.717) is 5.75 Å². The quantitative estimate of drug-likeness (QED) is 0.731. The zero-order chi connectivity index (χ0) is 10.9. The van der Waals surface area contributed by atoms with Gasteiger partial charge >= 0.3 is 0 Å². The van der Waals surface area contributed by atoms with E-state index in [1.807, 2.05) is 39.8 Å². The number of hydrogen-bond acceptors (Lipinski definition) is 2. The molecule has 1 N–H and O–H groups in total. The lowest BCUT2D eigenvalue weighted by Gasteiger charge is -2.19. The average molecular weight is 192 g/mol. The van der Waals surface area contributed by atoms with Crippen LogP contribution in [-0.2, 0) is 10.2 Å². The Morgan fingerprint density at radius 3 is 2.00 bits per heavy atom.